The zero-order valence-corrected chi connectivity index (χ0v) is 16.6. The van der Waals surface area contributed by atoms with E-state index in [4.69, 9.17) is 9.84 Å². The quantitative estimate of drug-likeness (QED) is 0.611. The molecule has 4 heteroatoms. The number of aromatic nitrogens is 2. The molecule has 1 saturated heterocycles. The highest BCUT2D eigenvalue weighted by atomic mass is 16.5. The largest absolute Gasteiger partial charge is 0.494 e. The van der Waals surface area contributed by atoms with Crippen molar-refractivity contribution in [1.29, 1.82) is 0 Å². The van der Waals surface area contributed by atoms with E-state index in [-0.39, 0.29) is 0 Å². The van der Waals surface area contributed by atoms with Crippen LogP contribution in [0.5, 0.6) is 5.75 Å². The van der Waals surface area contributed by atoms with Crippen LogP contribution in [0.4, 0.5) is 0 Å². The molecule has 3 rings (SSSR count). The number of hydrogen-bond donors (Lipinski definition) is 0. The predicted octanol–water partition coefficient (Wildman–Crippen LogP) is 4.70. The van der Waals surface area contributed by atoms with Crippen LogP contribution in [0.15, 0.2) is 24.3 Å². The first-order valence-corrected chi connectivity index (χ1v) is 10.2. The van der Waals surface area contributed by atoms with Crippen LogP contribution in [0.2, 0.25) is 0 Å². The molecule has 0 radical (unpaired) electrons. The number of unbranched alkanes of at least 4 members (excludes halogenated alkanes) is 1. The van der Waals surface area contributed by atoms with Gasteiger partial charge in [0.1, 0.15) is 5.75 Å². The second-order valence-corrected chi connectivity index (χ2v) is 7.41. The van der Waals surface area contributed by atoms with Gasteiger partial charge in [0.2, 0.25) is 0 Å². The lowest BCUT2D eigenvalue weighted by molar-refractivity contribution is 0.263. The number of aryl methyl sites for hydroxylation is 1. The van der Waals surface area contributed by atoms with E-state index < -0.39 is 0 Å². The summed E-state index contributed by atoms with van der Waals surface area (Å²) in [4.78, 5) is 2.53. The minimum Gasteiger partial charge on any atom is -0.494 e. The molecule has 1 aliphatic rings. The second-order valence-electron chi connectivity index (χ2n) is 7.41. The van der Waals surface area contributed by atoms with Gasteiger partial charge in [-0.3, -0.25) is 0 Å². The molecule has 0 spiro atoms. The van der Waals surface area contributed by atoms with Crippen LogP contribution in [0.25, 0.3) is 5.69 Å². The minimum atomic E-state index is 0.789. The SMILES string of the molecule is CCCCc1c(C)nn(-c2ccc(OCCCN3CCCC3)cc2)c1C. The summed E-state index contributed by atoms with van der Waals surface area (Å²) in [6, 6.07) is 8.35. The fourth-order valence-corrected chi connectivity index (χ4v) is 3.81. The van der Waals surface area contributed by atoms with Crippen LogP contribution in [0.1, 0.15) is 56.0 Å². The highest BCUT2D eigenvalue weighted by Gasteiger charge is 2.13. The number of ether oxygens (including phenoxy) is 1. The summed E-state index contributed by atoms with van der Waals surface area (Å²) < 4.78 is 7.98. The maximum Gasteiger partial charge on any atom is 0.119 e. The number of rotatable bonds is 9. The third-order valence-electron chi connectivity index (χ3n) is 5.39. The molecule has 2 aromatic rings. The van der Waals surface area contributed by atoms with Gasteiger partial charge in [0.15, 0.2) is 0 Å². The van der Waals surface area contributed by atoms with Crippen LogP contribution in [-0.4, -0.2) is 40.9 Å². The molecule has 0 bridgehead atoms. The molecule has 2 heterocycles. The van der Waals surface area contributed by atoms with Crippen molar-refractivity contribution in [2.24, 2.45) is 0 Å². The van der Waals surface area contributed by atoms with Crippen molar-refractivity contribution in [3.63, 3.8) is 0 Å². The van der Waals surface area contributed by atoms with E-state index in [1.807, 2.05) is 0 Å². The Morgan fingerprint density at radius 3 is 2.46 bits per heavy atom. The van der Waals surface area contributed by atoms with Gasteiger partial charge < -0.3 is 9.64 Å². The zero-order chi connectivity index (χ0) is 18.4. The Morgan fingerprint density at radius 2 is 1.77 bits per heavy atom. The fourth-order valence-electron chi connectivity index (χ4n) is 3.81. The van der Waals surface area contributed by atoms with Crippen molar-refractivity contribution >= 4 is 0 Å². The number of likely N-dealkylation sites (tertiary alicyclic amines) is 1. The highest BCUT2D eigenvalue weighted by Crippen LogP contribution is 2.22. The summed E-state index contributed by atoms with van der Waals surface area (Å²) in [7, 11) is 0. The third kappa shape index (κ3) is 4.67. The van der Waals surface area contributed by atoms with Crippen LogP contribution in [0.3, 0.4) is 0 Å². The van der Waals surface area contributed by atoms with E-state index in [1.54, 1.807) is 0 Å². The molecule has 0 saturated carbocycles. The van der Waals surface area contributed by atoms with E-state index >= 15 is 0 Å². The van der Waals surface area contributed by atoms with E-state index in [9.17, 15) is 0 Å². The minimum absolute atomic E-state index is 0.789. The Balaban J connectivity index is 1.55. The lowest BCUT2D eigenvalue weighted by atomic mass is 10.1. The first-order chi connectivity index (χ1) is 12.7. The average Bonchev–Trinajstić information content (AvgIpc) is 3.26. The lowest BCUT2D eigenvalue weighted by Gasteiger charge is -2.14. The van der Waals surface area contributed by atoms with Crippen molar-refractivity contribution in [1.82, 2.24) is 14.7 Å². The Labute approximate surface area is 158 Å². The van der Waals surface area contributed by atoms with Crippen molar-refractivity contribution in [3.8, 4) is 11.4 Å². The molecule has 0 aliphatic carbocycles. The van der Waals surface area contributed by atoms with Gasteiger partial charge >= 0.3 is 0 Å². The van der Waals surface area contributed by atoms with Gasteiger partial charge in [-0.25, -0.2) is 4.68 Å². The van der Waals surface area contributed by atoms with E-state index in [0.717, 1.165) is 43.1 Å². The molecule has 1 aliphatic heterocycles. The van der Waals surface area contributed by atoms with Gasteiger partial charge in [0.05, 0.1) is 18.0 Å². The van der Waals surface area contributed by atoms with Gasteiger partial charge in [0.25, 0.3) is 0 Å². The van der Waals surface area contributed by atoms with Gasteiger partial charge in [-0.05, 0) is 88.9 Å². The van der Waals surface area contributed by atoms with Crippen molar-refractivity contribution in [2.75, 3.05) is 26.2 Å². The molecule has 1 fully saturated rings. The standard InChI is InChI=1S/C22H33N3O/c1-4-5-9-22-18(2)23-25(19(22)3)20-10-12-21(13-11-20)26-17-8-16-24-14-6-7-15-24/h10-13H,4-9,14-17H2,1-3H3. The van der Waals surface area contributed by atoms with Crippen LogP contribution < -0.4 is 4.74 Å². The maximum absolute atomic E-state index is 5.91. The molecule has 0 atom stereocenters. The number of benzene rings is 1. The van der Waals surface area contributed by atoms with Crippen LogP contribution >= 0.6 is 0 Å². The average molecular weight is 356 g/mol. The molecule has 142 valence electrons. The number of hydrogen-bond acceptors (Lipinski definition) is 3. The van der Waals surface area contributed by atoms with E-state index in [2.05, 4.69) is 54.6 Å². The summed E-state index contributed by atoms with van der Waals surface area (Å²) in [5, 5.41) is 4.75. The second kappa shape index (κ2) is 9.22. The van der Waals surface area contributed by atoms with E-state index in [0.29, 0.717) is 0 Å². The van der Waals surface area contributed by atoms with Crippen LogP contribution in [0, 0.1) is 13.8 Å². The zero-order valence-electron chi connectivity index (χ0n) is 16.6. The van der Waals surface area contributed by atoms with Gasteiger partial charge in [0, 0.05) is 12.2 Å². The molecule has 0 amide bonds. The fraction of sp³-hybridized carbons (Fsp3) is 0.591. The Morgan fingerprint density at radius 1 is 1.04 bits per heavy atom. The topological polar surface area (TPSA) is 30.3 Å². The molecule has 26 heavy (non-hydrogen) atoms. The predicted molar refractivity (Wildman–Crippen MR) is 107 cm³/mol. The first-order valence-electron chi connectivity index (χ1n) is 10.2. The molecular weight excluding hydrogens is 322 g/mol. The first kappa shape index (κ1) is 19.0. The monoisotopic (exact) mass is 355 g/mol. The molecule has 1 aromatic heterocycles. The van der Waals surface area contributed by atoms with E-state index in [1.165, 1.54) is 50.0 Å². The molecule has 0 N–H and O–H groups in total. The van der Waals surface area contributed by atoms with Gasteiger partial charge in [-0.15, -0.1) is 0 Å². The summed E-state index contributed by atoms with van der Waals surface area (Å²) in [5.41, 5.74) is 4.92. The Kier molecular flexibility index (Phi) is 6.73. The Bertz CT molecular complexity index is 684. The summed E-state index contributed by atoms with van der Waals surface area (Å²) in [5.74, 6) is 0.947. The van der Waals surface area contributed by atoms with Crippen molar-refractivity contribution < 1.29 is 4.74 Å². The highest BCUT2D eigenvalue weighted by molar-refractivity contribution is 5.40. The van der Waals surface area contributed by atoms with Crippen molar-refractivity contribution in [2.45, 2.75) is 59.3 Å². The lowest BCUT2D eigenvalue weighted by Crippen LogP contribution is -2.21. The molecule has 4 nitrogen and oxygen atoms in total. The third-order valence-corrected chi connectivity index (χ3v) is 5.39. The summed E-state index contributed by atoms with van der Waals surface area (Å²) in [6.07, 6.45) is 7.36. The van der Waals surface area contributed by atoms with Gasteiger partial charge in [-0.2, -0.15) is 5.10 Å². The normalized spacial score (nSPS) is 14.9. The molecular formula is C22H33N3O. The smallest absolute Gasteiger partial charge is 0.119 e. The molecule has 0 unspecified atom stereocenters. The maximum atomic E-state index is 5.91. The number of nitrogens with zero attached hydrogens (tertiary/aromatic N) is 3. The van der Waals surface area contributed by atoms with Crippen LogP contribution in [-0.2, 0) is 6.42 Å². The van der Waals surface area contributed by atoms with Crippen molar-refractivity contribution in [3.05, 3.63) is 41.2 Å². The Hall–Kier alpha value is -1.81. The van der Waals surface area contributed by atoms with Gasteiger partial charge in [-0.1, -0.05) is 13.3 Å². The summed E-state index contributed by atoms with van der Waals surface area (Å²) >= 11 is 0. The molecule has 1 aromatic carbocycles. The summed E-state index contributed by atoms with van der Waals surface area (Å²) in [6.45, 7) is 11.0.